The molecule has 1 N–H and O–H groups in total. The molecule has 0 saturated carbocycles. The van der Waals surface area contributed by atoms with Gasteiger partial charge in [-0.1, -0.05) is 19.4 Å². The number of allylic oxidation sites excluding steroid dienone is 1. The van der Waals surface area contributed by atoms with Crippen LogP contribution in [0.25, 0.3) is 22.6 Å². The van der Waals surface area contributed by atoms with Crippen LogP contribution in [0, 0.1) is 17.5 Å². The SMILES string of the molecule is CC(C)c1cnn2c(N[C@@H]3CCC4=C(C3)c3cc(F)cc(F)c3C4)nc(-c3cncc(F)c3)nc12. The van der Waals surface area contributed by atoms with E-state index >= 15 is 0 Å². The van der Waals surface area contributed by atoms with Crippen molar-refractivity contribution in [2.45, 2.75) is 51.5 Å². The van der Waals surface area contributed by atoms with Gasteiger partial charge in [0.2, 0.25) is 5.95 Å². The number of nitrogens with zero attached hydrogens (tertiary/aromatic N) is 5. The van der Waals surface area contributed by atoms with Gasteiger partial charge in [0.15, 0.2) is 11.5 Å². The lowest BCUT2D eigenvalue weighted by Gasteiger charge is -2.26. The van der Waals surface area contributed by atoms with Gasteiger partial charge in [-0.3, -0.25) is 4.98 Å². The monoisotopic (exact) mass is 476 g/mol. The average Bonchev–Trinajstić information content (AvgIpc) is 3.41. The quantitative estimate of drug-likeness (QED) is 0.409. The first-order chi connectivity index (χ1) is 16.9. The van der Waals surface area contributed by atoms with Crippen molar-refractivity contribution < 1.29 is 13.2 Å². The number of halogens is 3. The van der Waals surface area contributed by atoms with Crippen LogP contribution in [-0.4, -0.2) is 30.6 Å². The standard InChI is InChI=1S/C26H23F3N6/c1-13(2)22-12-31-35-25(22)33-24(15-5-17(28)11-30-10-15)34-26(35)32-18-4-3-14-6-21-20(19(14)9-18)7-16(27)8-23(21)29/h5,7-8,10-13,18H,3-4,6,9H2,1-2H3,(H,32,33,34)/t18-/m1/s1. The molecule has 0 bridgehead atoms. The smallest absolute Gasteiger partial charge is 0.228 e. The summed E-state index contributed by atoms with van der Waals surface area (Å²) < 4.78 is 43.9. The lowest BCUT2D eigenvalue weighted by molar-refractivity contribution is 0.574. The molecule has 3 aromatic heterocycles. The van der Waals surface area contributed by atoms with Crippen LogP contribution in [0.3, 0.4) is 0 Å². The Morgan fingerprint density at radius 1 is 1.03 bits per heavy atom. The van der Waals surface area contributed by atoms with Crippen molar-refractivity contribution in [3.63, 3.8) is 0 Å². The Morgan fingerprint density at radius 3 is 2.69 bits per heavy atom. The van der Waals surface area contributed by atoms with Gasteiger partial charge in [0.1, 0.15) is 17.5 Å². The Hall–Kier alpha value is -3.75. The Labute approximate surface area is 200 Å². The molecule has 6 rings (SSSR count). The minimum absolute atomic E-state index is 0.0192. The second kappa shape index (κ2) is 8.18. The lowest BCUT2D eigenvalue weighted by Crippen LogP contribution is -2.25. The Kier molecular flexibility index (Phi) is 5.09. The van der Waals surface area contributed by atoms with E-state index in [1.807, 2.05) is 0 Å². The highest BCUT2D eigenvalue weighted by Gasteiger charge is 2.31. The van der Waals surface area contributed by atoms with Crippen molar-refractivity contribution in [1.82, 2.24) is 24.6 Å². The van der Waals surface area contributed by atoms with Crippen molar-refractivity contribution in [2.24, 2.45) is 0 Å². The van der Waals surface area contributed by atoms with Crippen LogP contribution >= 0.6 is 0 Å². The van der Waals surface area contributed by atoms with Crippen LogP contribution in [-0.2, 0) is 6.42 Å². The summed E-state index contributed by atoms with van der Waals surface area (Å²) in [5.41, 5.74) is 5.48. The van der Waals surface area contributed by atoms with Crippen LogP contribution in [0.2, 0.25) is 0 Å². The van der Waals surface area contributed by atoms with Gasteiger partial charge in [-0.2, -0.15) is 14.6 Å². The molecule has 1 atom stereocenters. The third-order valence-corrected chi connectivity index (χ3v) is 6.86. The largest absolute Gasteiger partial charge is 0.351 e. The molecule has 0 saturated heterocycles. The molecule has 0 unspecified atom stereocenters. The molecule has 178 valence electrons. The molecular weight excluding hydrogens is 453 g/mol. The van der Waals surface area contributed by atoms with Gasteiger partial charge < -0.3 is 5.32 Å². The van der Waals surface area contributed by atoms with E-state index in [4.69, 9.17) is 0 Å². The number of benzene rings is 1. The molecule has 0 radical (unpaired) electrons. The summed E-state index contributed by atoms with van der Waals surface area (Å²) in [5, 5.41) is 8.00. The topological polar surface area (TPSA) is 68.0 Å². The molecule has 9 heteroatoms. The van der Waals surface area contributed by atoms with Crippen molar-refractivity contribution in [3.05, 3.63) is 76.5 Å². The van der Waals surface area contributed by atoms with E-state index in [1.54, 1.807) is 10.7 Å². The minimum atomic E-state index is -0.561. The Balaban J connectivity index is 1.38. The van der Waals surface area contributed by atoms with Crippen molar-refractivity contribution >= 4 is 17.2 Å². The molecule has 1 aromatic carbocycles. The zero-order chi connectivity index (χ0) is 24.3. The number of anilines is 1. The highest BCUT2D eigenvalue weighted by atomic mass is 19.1. The summed E-state index contributed by atoms with van der Waals surface area (Å²) >= 11 is 0. The maximum atomic E-state index is 14.4. The summed E-state index contributed by atoms with van der Waals surface area (Å²) in [6, 6.07) is 3.72. The first-order valence-electron chi connectivity index (χ1n) is 11.7. The highest BCUT2D eigenvalue weighted by molar-refractivity contribution is 5.78. The molecule has 2 aliphatic carbocycles. The number of fused-ring (bicyclic) bond motifs is 3. The summed E-state index contributed by atoms with van der Waals surface area (Å²) in [4.78, 5) is 13.3. The molecule has 0 spiro atoms. The van der Waals surface area contributed by atoms with Gasteiger partial charge in [0.25, 0.3) is 0 Å². The average molecular weight is 477 g/mol. The first-order valence-corrected chi connectivity index (χ1v) is 11.7. The molecule has 6 nitrogen and oxygen atoms in total. The summed E-state index contributed by atoms with van der Waals surface area (Å²) in [7, 11) is 0. The van der Waals surface area contributed by atoms with Crippen molar-refractivity contribution in [2.75, 3.05) is 5.32 Å². The van der Waals surface area contributed by atoms with Gasteiger partial charge >= 0.3 is 0 Å². The third-order valence-electron chi connectivity index (χ3n) is 6.86. The molecule has 4 aromatic rings. The first kappa shape index (κ1) is 21.8. The predicted octanol–water partition coefficient (Wildman–Crippen LogP) is 5.70. The normalized spacial score (nSPS) is 17.3. The zero-order valence-corrected chi connectivity index (χ0v) is 19.3. The molecular formula is C26H23F3N6. The van der Waals surface area contributed by atoms with E-state index in [2.05, 4.69) is 39.2 Å². The summed E-state index contributed by atoms with van der Waals surface area (Å²) in [6.07, 6.45) is 7.19. The number of rotatable bonds is 4. The van der Waals surface area contributed by atoms with E-state index < -0.39 is 17.5 Å². The maximum absolute atomic E-state index is 14.4. The predicted molar refractivity (Wildman–Crippen MR) is 126 cm³/mol. The van der Waals surface area contributed by atoms with Crippen molar-refractivity contribution in [3.8, 4) is 11.4 Å². The summed E-state index contributed by atoms with van der Waals surface area (Å²) in [6.45, 7) is 4.11. The molecule has 35 heavy (non-hydrogen) atoms. The van der Waals surface area contributed by atoms with Crippen LogP contribution < -0.4 is 5.32 Å². The lowest BCUT2D eigenvalue weighted by atomic mass is 9.88. The molecule has 3 heterocycles. The van der Waals surface area contributed by atoms with Crippen LogP contribution in [0.5, 0.6) is 0 Å². The van der Waals surface area contributed by atoms with E-state index in [-0.39, 0.29) is 12.0 Å². The van der Waals surface area contributed by atoms with Crippen LogP contribution in [0.1, 0.15) is 55.7 Å². The van der Waals surface area contributed by atoms with Crippen LogP contribution in [0.15, 0.2) is 42.4 Å². The van der Waals surface area contributed by atoms with Gasteiger partial charge in [-0.05, 0) is 60.4 Å². The fourth-order valence-electron chi connectivity index (χ4n) is 5.12. The number of aromatic nitrogens is 5. The second-order valence-electron chi connectivity index (χ2n) is 9.51. The van der Waals surface area contributed by atoms with E-state index in [0.29, 0.717) is 47.0 Å². The highest BCUT2D eigenvalue weighted by Crippen LogP contribution is 2.43. The third kappa shape index (κ3) is 3.75. The van der Waals surface area contributed by atoms with Gasteiger partial charge in [-0.25, -0.2) is 18.2 Å². The molecule has 0 aliphatic heterocycles. The Morgan fingerprint density at radius 2 is 1.89 bits per heavy atom. The van der Waals surface area contributed by atoms with Gasteiger partial charge in [0, 0.05) is 29.4 Å². The molecule has 0 amide bonds. The van der Waals surface area contributed by atoms with E-state index in [0.717, 1.165) is 36.2 Å². The fourth-order valence-corrected chi connectivity index (χ4v) is 5.12. The summed E-state index contributed by atoms with van der Waals surface area (Å²) in [5.74, 6) is -0.504. The van der Waals surface area contributed by atoms with E-state index in [1.165, 1.54) is 23.9 Å². The van der Waals surface area contributed by atoms with Gasteiger partial charge in [-0.15, -0.1) is 0 Å². The second-order valence-corrected chi connectivity index (χ2v) is 9.51. The number of hydrogen-bond donors (Lipinski definition) is 1. The van der Waals surface area contributed by atoms with Crippen molar-refractivity contribution in [1.29, 1.82) is 0 Å². The molecule has 0 fully saturated rings. The Bertz CT molecular complexity index is 1510. The van der Waals surface area contributed by atoms with Gasteiger partial charge in [0.05, 0.1) is 12.4 Å². The minimum Gasteiger partial charge on any atom is -0.351 e. The van der Waals surface area contributed by atoms with E-state index in [9.17, 15) is 13.2 Å². The molecule has 2 aliphatic rings. The maximum Gasteiger partial charge on any atom is 0.228 e. The number of hydrogen-bond acceptors (Lipinski definition) is 5. The number of nitrogens with one attached hydrogen (secondary N) is 1. The number of pyridine rings is 1. The van der Waals surface area contributed by atoms with Crippen LogP contribution in [0.4, 0.5) is 19.1 Å². The fraction of sp³-hybridized carbons (Fsp3) is 0.308. The zero-order valence-electron chi connectivity index (χ0n) is 19.3.